The molecule has 3 heterocycles. The van der Waals surface area contributed by atoms with E-state index in [9.17, 15) is 9.59 Å². The lowest BCUT2D eigenvalue weighted by atomic mass is 9.96. The highest BCUT2D eigenvalue weighted by molar-refractivity contribution is 5.94. The maximum atomic E-state index is 13.1. The molecule has 0 aliphatic carbocycles. The summed E-state index contributed by atoms with van der Waals surface area (Å²) in [6.07, 6.45) is 1.33. The monoisotopic (exact) mass is 493 g/mol. The third-order valence-electron chi connectivity index (χ3n) is 7.29. The number of amides is 1. The first-order chi connectivity index (χ1) is 17.6. The van der Waals surface area contributed by atoms with Gasteiger partial charge in [0, 0.05) is 57.9 Å². The number of carbonyl (C=O) groups excluding carboxylic acids is 2. The number of rotatable bonds is 7. The Morgan fingerprint density at radius 3 is 2.22 bits per heavy atom. The topological polar surface area (TPSA) is 71.6 Å². The summed E-state index contributed by atoms with van der Waals surface area (Å²) in [5, 5.41) is 0. The van der Waals surface area contributed by atoms with Crippen molar-refractivity contribution in [1.29, 1.82) is 0 Å². The second-order valence-electron chi connectivity index (χ2n) is 9.76. The fourth-order valence-electron chi connectivity index (χ4n) is 5.22. The van der Waals surface area contributed by atoms with E-state index in [0.29, 0.717) is 39.3 Å². The van der Waals surface area contributed by atoms with Gasteiger partial charge < -0.3 is 19.1 Å². The Bertz CT molecular complexity index is 1070. The zero-order valence-corrected chi connectivity index (χ0v) is 21.0. The Balaban J connectivity index is 1.10. The van der Waals surface area contributed by atoms with Crippen LogP contribution >= 0.6 is 0 Å². The van der Waals surface area contributed by atoms with Crippen molar-refractivity contribution in [3.05, 3.63) is 59.2 Å². The molecule has 8 heteroatoms. The minimum Gasteiger partial charge on any atom is -0.466 e. The molecule has 0 spiro atoms. The van der Waals surface area contributed by atoms with Gasteiger partial charge in [0.05, 0.1) is 12.5 Å². The summed E-state index contributed by atoms with van der Waals surface area (Å²) in [5.41, 5.74) is 3.13. The van der Waals surface area contributed by atoms with Crippen LogP contribution in [0.2, 0.25) is 0 Å². The molecule has 0 radical (unpaired) electrons. The molecule has 2 aromatic carbocycles. The van der Waals surface area contributed by atoms with Crippen LogP contribution in [0.1, 0.15) is 41.3 Å². The highest BCUT2D eigenvalue weighted by atomic mass is 16.7. The number of ether oxygens (including phenoxy) is 3. The number of likely N-dealkylation sites (tertiary alicyclic amines) is 1. The average Bonchev–Trinajstić information content (AvgIpc) is 3.38. The molecule has 3 aliphatic rings. The molecule has 2 fully saturated rings. The molecule has 0 N–H and O–H groups in total. The van der Waals surface area contributed by atoms with Crippen molar-refractivity contribution in [1.82, 2.24) is 14.7 Å². The van der Waals surface area contributed by atoms with Gasteiger partial charge in [-0.05, 0) is 55.2 Å². The number of esters is 1. The minimum atomic E-state index is -0.136. The predicted octanol–water partition coefficient (Wildman–Crippen LogP) is 3.15. The number of hydrogen-bond donors (Lipinski definition) is 0. The van der Waals surface area contributed by atoms with Crippen LogP contribution in [0.15, 0.2) is 42.5 Å². The molecule has 1 amide bonds. The highest BCUT2D eigenvalue weighted by Gasteiger charge is 2.29. The molecule has 5 rings (SSSR count). The lowest BCUT2D eigenvalue weighted by Gasteiger charge is -2.35. The number of piperazine rings is 1. The molecule has 36 heavy (non-hydrogen) atoms. The SMILES string of the molecule is CCOC(=O)C1CCN(C(=O)c2cccc(CN3CCN(Cc4ccc5c(c4)OCO5)CC3)c2)CC1. The first-order valence-corrected chi connectivity index (χ1v) is 13.0. The molecule has 2 saturated heterocycles. The molecule has 0 saturated carbocycles. The summed E-state index contributed by atoms with van der Waals surface area (Å²) in [5.74, 6) is 1.48. The van der Waals surface area contributed by atoms with Gasteiger partial charge in [-0.25, -0.2) is 0 Å². The number of fused-ring (bicyclic) bond motifs is 1. The quantitative estimate of drug-likeness (QED) is 0.549. The summed E-state index contributed by atoms with van der Waals surface area (Å²) in [6, 6.07) is 14.2. The van der Waals surface area contributed by atoms with Gasteiger partial charge in [-0.1, -0.05) is 18.2 Å². The zero-order chi connectivity index (χ0) is 24.9. The molecule has 3 aliphatic heterocycles. The van der Waals surface area contributed by atoms with Crippen LogP contribution in [0.25, 0.3) is 0 Å². The van der Waals surface area contributed by atoms with E-state index in [0.717, 1.165) is 61.9 Å². The fourth-order valence-corrected chi connectivity index (χ4v) is 5.22. The second-order valence-corrected chi connectivity index (χ2v) is 9.76. The van der Waals surface area contributed by atoms with Crippen LogP contribution in [0.5, 0.6) is 11.5 Å². The number of piperidine rings is 1. The van der Waals surface area contributed by atoms with Crippen molar-refractivity contribution in [2.24, 2.45) is 5.92 Å². The number of nitrogens with zero attached hydrogens (tertiary/aromatic N) is 3. The molecule has 0 atom stereocenters. The van der Waals surface area contributed by atoms with E-state index in [1.54, 1.807) is 0 Å². The van der Waals surface area contributed by atoms with Crippen molar-refractivity contribution in [2.45, 2.75) is 32.9 Å². The lowest BCUT2D eigenvalue weighted by Crippen LogP contribution is -2.45. The van der Waals surface area contributed by atoms with Gasteiger partial charge in [-0.2, -0.15) is 0 Å². The van der Waals surface area contributed by atoms with E-state index >= 15 is 0 Å². The lowest BCUT2D eigenvalue weighted by molar-refractivity contribution is -0.149. The minimum absolute atomic E-state index is 0.0488. The van der Waals surface area contributed by atoms with Crippen LogP contribution in [-0.4, -0.2) is 79.2 Å². The van der Waals surface area contributed by atoms with E-state index in [-0.39, 0.29) is 17.8 Å². The number of hydrogen-bond acceptors (Lipinski definition) is 7. The van der Waals surface area contributed by atoms with E-state index in [4.69, 9.17) is 14.2 Å². The molecule has 0 unspecified atom stereocenters. The van der Waals surface area contributed by atoms with E-state index in [2.05, 4.69) is 28.0 Å². The van der Waals surface area contributed by atoms with Gasteiger partial charge in [-0.15, -0.1) is 0 Å². The Labute approximate surface area is 212 Å². The molecule has 2 aromatic rings. The van der Waals surface area contributed by atoms with Crippen molar-refractivity contribution in [2.75, 3.05) is 52.7 Å². The van der Waals surface area contributed by atoms with Crippen LogP contribution in [-0.2, 0) is 22.6 Å². The second kappa shape index (κ2) is 11.3. The Morgan fingerprint density at radius 1 is 0.861 bits per heavy atom. The first-order valence-electron chi connectivity index (χ1n) is 13.0. The molecular formula is C28H35N3O5. The maximum Gasteiger partial charge on any atom is 0.309 e. The van der Waals surface area contributed by atoms with Crippen molar-refractivity contribution in [3.8, 4) is 11.5 Å². The Kier molecular flexibility index (Phi) is 7.72. The standard InChI is InChI=1S/C28H35N3O5/c1-2-34-28(33)23-8-10-31(11-9-23)27(32)24-5-3-4-21(16-24)18-29-12-14-30(15-13-29)19-22-6-7-25-26(17-22)36-20-35-25/h3-7,16-17,23H,2,8-15,18-20H2,1H3. The van der Waals surface area contributed by atoms with Crippen LogP contribution in [0.3, 0.4) is 0 Å². The summed E-state index contributed by atoms with van der Waals surface area (Å²) in [4.78, 5) is 31.9. The number of benzene rings is 2. The molecule has 8 nitrogen and oxygen atoms in total. The van der Waals surface area contributed by atoms with E-state index in [1.165, 1.54) is 5.56 Å². The van der Waals surface area contributed by atoms with Gasteiger partial charge in [0.1, 0.15) is 0 Å². The predicted molar refractivity (Wildman–Crippen MR) is 135 cm³/mol. The first kappa shape index (κ1) is 24.6. The summed E-state index contributed by atoms with van der Waals surface area (Å²) >= 11 is 0. The Morgan fingerprint density at radius 2 is 1.53 bits per heavy atom. The van der Waals surface area contributed by atoms with Gasteiger partial charge >= 0.3 is 5.97 Å². The fraction of sp³-hybridized carbons (Fsp3) is 0.500. The van der Waals surface area contributed by atoms with Gasteiger partial charge in [0.25, 0.3) is 5.91 Å². The molecular weight excluding hydrogens is 458 g/mol. The largest absolute Gasteiger partial charge is 0.466 e. The average molecular weight is 494 g/mol. The van der Waals surface area contributed by atoms with Crippen molar-refractivity contribution in [3.63, 3.8) is 0 Å². The van der Waals surface area contributed by atoms with Crippen molar-refractivity contribution >= 4 is 11.9 Å². The van der Waals surface area contributed by atoms with Gasteiger partial charge in [-0.3, -0.25) is 19.4 Å². The van der Waals surface area contributed by atoms with E-state index < -0.39 is 0 Å². The van der Waals surface area contributed by atoms with Gasteiger partial charge in [0.2, 0.25) is 6.79 Å². The number of carbonyl (C=O) groups is 2. The Hall–Kier alpha value is -3.10. The zero-order valence-electron chi connectivity index (χ0n) is 21.0. The maximum absolute atomic E-state index is 13.1. The van der Waals surface area contributed by atoms with Crippen LogP contribution in [0.4, 0.5) is 0 Å². The third kappa shape index (κ3) is 5.82. The third-order valence-corrected chi connectivity index (χ3v) is 7.29. The summed E-state index contributed by atoms with van der Waals surface area (Å²) in [7, 11) is 0. The van der Waals surface area contributed by atoms with Gasteiger partial charge in [0.15, 0.2) is 11.5 Å². The molecule has 0 bridgehead atoms. The molecule has 0 aromatic heterocycles. The van der Waals surface area contributed by atoms with E-state index in [1.807, 2.05) is 36.1 Å². The van der Waals surface area contributed by atoms with Crippen LogP contribution in [0, 0.1) is 5.92 Å². The summed E-state index contributed by atoms with van der Waals surface area (Å²) < 4.78 is 16.1. The smallest absolute Gasteiger partial charge is 0.309 e. The highest BCUT2D eigenvalue weighted by Crippen LogP contribution is 2.33. The van der Waals surface area contributed by atoms with Crippen molar-refractivity contribution < 1.29 is 23.8 Å². The summed E-state index contributed by atoms with van der Waals surface area (Å²) in [6.45, 7) is 9.45. The van der Waals surface area contributed by atoms with Crippen LogP contribution < -0.4 is 9.47 Å². The normalized spacial score (nSPS) is 18.9. The molecule has 192 valence electrons.